The molecule has 2 atom stereocenters. The normalized spacial score (nSPS) is 22.1. The van der Waals surface area contributed by atoms with Crippen LogP contribution < -0.4 is 0 Å². The quantitative estimate of drug-likeness (QED) is 0.591. The molecule has 1 aromatic carbocycles. The molecule has 2 rings (SSSR count). The predicted octanol–water partition coefficient (Wildman–Crippen LogP) is 4.37. The molecule has 1 saturated heterocycles. The Morgan fingerprint density at radius 3 is 2.48 bits per heavy atom. The molecule has 128 valence electrons. The first-order valence-electron chi connectivity index (χ1n) is 8.24. The predicted molar refractivity (Wildman–Crippen MR) is 92.9 cm³/mol. The summed E-state index contributed by atoms with van der Waals surface area (Å²) in [7, 11) is -1.77. The van der Waals surface area contributed by atoms with Crippen LogP contribution in [0.4, 0.5) is 0 Å². The molecule has 1 heterocycles. The van der Waals surface area contributed by atoms with Crippen molar-refractivity contribution in [2.45, 2.75) is 64.1 Å². The summed E-state index contributed by atoms with van der Waals surface area (Å²) in [6.45, 7) is 11.7. The lowest BCUT2D eigenvalue weighted by Crippen LogP contribution is -2.42. The fourth-order valence-corrected chi connectivity index (χ4v) is 3.20. The van der Waals surface area contributed by atoms with Crippen molar-refractivity contribution in [2.75, 3.05) is 6.61 Å². The smallest absolute Gasteiger partial charge is 0.340 e. The Kier molecular flexibility index (Phi) is 5.65. The molecular formula is C18H28O4Si. The van der Waals surface area contributed by atoms with Gasteiger partial charge in [-0.1, -0.05) is 39.0 Å². The second-order valence-corrected chi connectivity index (χ2v) is 12.4. The summed E-state index contributed by atoms with van der Waals surface area (Å²) in [5, 5.41) is 0.185. The van der Waals surface area contributed by atoms with Crippen molar-refractivity contribution in [3.05, 3.63) is 35.9 Å². The Hall–Kier alpha value is -1.17. The van der Waals surface area contributed by atoms with Crippen molar-refractivity contribution < 1.29 is 18.7 Å². The number of ether oxygens (including phenoxy) is 2. The summed E-state index contributed by atoms with van der Waals surface area (Å²) in [4.78, 5) is 12.0. The molecule has 5 heteroatoms. The van der Waals surface area contributed by atoms with Crippen LogP contribution in [-0.4, -0.2) is 33.3 Å². The lowest BCUT2D eigenvalue weighted by Gasteiger charge is -2.36. The van der Waals surface area contributed by atoms with E-state index in [9.17, 15) is 4.79 Å². The van der Waals surface area contributed by atoms with E-state index >= 15 is 0 Å². The molecule has 1 aromatic rings. The average Bonchev–Trinajstić information content (AvgIpc) is 2.92. The Balaban J connectivity index is 1.79. The van der Waals surface area contributed by atoms with Crippen LogP contribution in [0.25, 0.3) is 0 Å². The lowest BCUT2D eigenvalue weighted by molar-refractivity contribution is -0.109. The van der Waals surface area contributed by atoms with Crippen LogP contribution in [0.15, 0.2) is 30.3 Å². The number of rotatable bonds is 5. The zero-order valence-electron chi connectivity index (χ0n) is 14.8. The SMILES string of the molecule is CC(C)(C)[Si](C)(C)OC[C@@H]1CCC(OC(=O)c2ccccc2)O1. The molecule has 1 aliphatic rings. The van der Waals surface area contributed by atoms with E-state index in [-0.39, 0.29) is 17.1 Å². The fraction of sp³-hybridized carbons (Fsp3) is 0.611. The minimum Gasteiger partial charge on any atom is -0.432 e. The molecule has 0 aromatic heterocycles. The Morgan fingerprint density at radius 2 is 1.87 bits per heavy atom. The van der Waals surface area contributed by atoms with Crippen LogP contribution in [0.3, 0.4) is 0 Å². The van der Waals surface area contributed by atoms with Crippen LogP contribution in [0, 0.1) is 0 Å². The van der Waals surface area contributed by atoms with Crippen LogP contribution >= 0.6 is 0 Å². The molecule has 1 aliphatic heterocycles. The Morgan fingerprint density at radius 1 is 1.22 bits per heavy atom. The molecule has 0 radical (unpaired) electrons. The molecule has 1 fully saturated rings. The summed E-state index contributed by atoms with van der Waals surface area (Å²) in [5.41, 5.74) is 0.553. The van der Waals surface area contributed by atoms with E-state index in [0.717, 1.165) is 12.8 Å². The van der Waals surface area contributed by atoms with E-state index in [2.05, 4.69) is 33.9 Å². The van der Waals surface area contributed by atoms with E-state index < -0.39 is 14.6 Å². The van der Waals surface area contributed by atoms with Crippen molar-refractivity contribution in [1.82, 2.24) is 0 Å². The van der Waals surface area contributed by atoms with E-state index in [0.29, 0.717) is 12.2 Å². The maximum Gasteiger partial charge on any atom is 0.340 e. The second-order valence-electron chi connectivity index (χ2n) is 7.61. The second kappa shape index (κ2) is 7.15. The van der Waals surface area contributed by atoms with E-state index in [4.69, 9.17) is 13.9 Å². The third-order valence-electron chi connectivity index (χ3n) is 4.75. The highest BCUT2D eigenvalue weighted by Crippen LogP contribution is 2.37. The van der Waals surface area contributed by atoms with E-state index in [1.54, 1.807) is 12.1 Å². The molecule has 0 spiro atoms. The number of carbonyl (C=O) groups excluding carboxylic acids is 1. The minimum atomic E-state index is -1.77. The first-order valence-corrected chi connectivity index (χ1v) is 11.2. The van der Waals surface area contributed by atoms with Gasteiger partial charge in [0.25, 0.3) is 0 Å². The molecule has 1 unspecified atom stereocenters. The largest absolute Gasteiger partial charge is 0.432 e. The van der Waals surface area contributed by atoms with Gasteiger partial charge in [0.05, 0.1) is 18.3 Å². The average molecular weight is 337 g/mol. The minimum absolute atomic E-state index is 0.0118. The van der Waals surface area contributed by atoms with Gasteiger partial charge in [-0.2, -0.15) is 0 Å². The van der Waals surface area contributed by atoms with Crippen LogP contribution in [-0.2, 0) is 13.9 Å². The molecule has 0 amide bonds. The lowest BCUT2D eigenvalue weighted by atomic mass is 10.2. The monoisotopic (exact) mass is 336 g/mol. The third kappa shape index (κ3) is 4.90. The first-order chi connectivity index (χ1) is 10.7. The van der Waals surface area contributed by atoms with Crippen molar-refractivity contribution in [1.29, 1.82) is 0 Å². The standard InChI is InChI=1S/C18H28O4Si/c1-18(2,3)23(4,5)20-13-15-11-12-16(21-15)22-17(19)14-9-7-6-8-10-14/h6-10,15-16H,11-13H2,1-5H3/t15-,16?/m0/s1. The molecular weight excluding hydrogens is 308 g/mol. The van der Waals surface area contributed by atoms with Crippen LogP contribution in [0.1, 0.15) is 44.0 Å². The summed E-state index contributed by atoms with van der Waals surface area (Å²) in [5.74, 6) is -0.332. The highest BCUT2D eigenvalue weighted by Gasteiger charge is 2.38. The summed E-state index contributed by atoms with van der Waals surface area (Å²) >= 11 is 0. The highest BCUT2D eigenvalue weighted by atomic mass is 28.4. The third-order valence-corrected chi connectivity index (χ3v) is 9.25. The molecule has 4 nitrogen and oxygen atoms in total. The molecule has 0 bridgehead atoms. The Bertz CT molecular complexity index is 522. The fourth-order valence-electron chi connectivity index (χ4n) is 2.16. The Labute approximate surface area is 140 Å². The molecule has 0 saturated carbocycles. The van der Waals surface area contributed by atoms with Gasteiger partial charge in [-0.15, -0.1) is 0 Å². The first kappa shape index (κ1) is 18.2. The number of carbonyl (C=O) groups is 1. The van der Waals surface area contributed by atoms with Crippen molar-refractivity contribution >= 4 is 14.3 Å². The van der Waals surface area contributed by atoms with Gasteiger partial charge in [-0.25, -0.2) is 4.79 Å². The number of hydrogen-bond acceptors (Lipinski definition) is 4. The maximum atomic E-state index is 12.0. The van der Waals surface area contributed by atoms with Gasteiger partial charge < -0.3 is 13.9 Å². The van der Waals surface area contributed by atoms with Gasteiger partial charge in [-0.05, 0) is 36.7 Å². The van der Waals surface area contributed by atoms with Gasteiger partial charge >= 0.3 is 5.97 Å². The molecule has 23 heavy (non-hydrogen) atoms. The van der Waals surface area contributed by atoms with Gasteiger partial charge in [0.1, 0.15) is 0 Å². The summed E-state index contributed by atoms with van der Waals surface area (Å²) < 4.78 is 17.4. The van der Waals surface area contributed by atoms with Crippen LogP contribution in [0.2, 0.25) is 18.1 Å². The zero-order chi connectivity index (χ0) is 17.1. The van der Waals surface area contributed by atoms with Gasteiger partial charge in [0.15, 0.2) is 8.32 Å². The number of benzene rings is 1. The van der Waals surface area contributed by atoms with Gasteiger partial charge in [0, 0.05) is 6.42 Å². The van der Waals surface area contributed by atoms with E-state index in [1.807, 2.05) is 18.2 Å². The molecule has 0 N–H and O–H groups in total. The highest BCUT2D eigenvalue weighted by molar-refractivity contribution is 6.74. The van der Waals surface area contributed by atoms with Crippen LogP contribution in [0.5, 0.6) is 0 Å². The zero-order valence-corrected chi connectivity index (χ0v) is 15.8. The van der Waals surface area contributed by atoms with E-state index in [1.165, 1.54) is 0 Å². The van der Waals surface area contributed by atoms with Gasteiger partial charge in [0.2, 0.25) is 6.29 Å². The molecule has 0 aliphatic carbocycles. The summed E-state index contributed by atoms with van der Waals surface area (Å²) in [6, 6.07) is 9.01. The van der Waals surface area contributed by atoms with Crippen molar-refractivity contribution in [2.24, 2.45) is 0 Å². The van der Waals surface area contributed by atoms with Crippen molar-refractivity contribution in [3.8, 4) is 0 Å². The van der Waals surface area contributed by atoms with Gasteiger partial charge in [-0.3, -0.25) is 0 Å². The summed E-state index contributed by atoms with van der Waals surface area (Å²) in [6.07, 6.45) is 1.14. The number of esters is 1. The van der Waals surface area contributed by atoms with Crippen molar-refractivity contribution in [3.63, 3.8) is 0 Å². The number of hydrogen-bond donors (Lipinski definition) is 0. The topological polar surface area (TPSA) is 44.8 Å². The maximum absolute atomic E-state index is 12.0.